The minimum atomic E-state index is 0.599. The minimum Gasteiger partial charge on any atom is -0.298 e. The smallest absolute Gasteiger partial charge is 0.151 e. The van der Waals surface area contributed by atoms with Crippen molar-refractivity contribution >= 4 is 22.2 Å². The van der Waals surface area contributed by atoms with Gasteiger partial charge in [0.15, 0.2) is 6.29 Å². The van der Waals surface area contributed by atoms with Crippen LogP contribution in [0.2, 0.25) is 0 Å². The maximum Gasteiger partial charge on any atom is 0.151 e. The molecule has 0 radical (unpaired) electrons. The zero-order valence-corrected chi connectivity index (χ0v) is 10.1. The number of aromatic nitrogens is 1. The number of nitrogens with zero attached hydrogens (tertiary/aromatic N) is 1. The lowest BCUT2D eigenvalue weighted by Crippen LogP contribution is -1.86. The van der Waals surface area contributed by atoms with Crippen molar-refractivity contribution in [2.24, 2.45) is 0 Å². The van der Waals surface area contributed by atoms with E-state index in [2.05, 4.69) is 33.0 Å². The molecular weight excluding hydrogens is 266 g/mol. The number of hydrogen-bond donors (Lipinski definition) is 0. The summed E-state index contributed by atoms with van der Waals surface area (Å²) in [6.07, 6.45) is 4.13. The molecule has 0 atom stereocenters. The SMILES string of the molecule is O=Cc1cncc(-c2ccc(CBr)cc2)c1. The highest BCUT2D eigenvalue weighted by Crippen LogP contribution is 2.20. The lowest BCUT2D eigenvalue weighted by molar-refractivity contribution is 0.112. The van der Waals surface area contributed by atoms with Crippen molar-refractivity contribution in [3.05, 3.63) is 53.9 Å². The first-order valence-electron chi connectivity index (χ1n) is 4.89. The molecule has 0 saturated heterocycles. The normalized spacial score (nSPS) is 10.1. The van der Waals surface area contributed by atoms with Crippen LogP contribution in [0, 0.1) is 0 Å². The highest BCUT2D eigenvalue weighted by atomic mass is 79.9. The van der Waals surface area contributed by atoms with Crippen molar-refractivity contribution in [1.82, 2.24) is 4.98 Å². The van der Waals surface area contributed by atoms with Crippen molar-refractivity contribution in [2.75, 3.05) is 0 Å². The van der Waals surface area contributed by atoms with E-state index < -0.39 is 0 Å². The molecule has 1 aromatic heterocycles. The molecule has 2 nitrogen and oxygen atoms in total. The van der Waals surface area contributed by atoms with Gasteiger partial charge in [-0.15, -0.1) is 0 Å². The van der Waals surface area contributed by atoms with Gasteiger partial charge in [0.05, 0.1) is 0 Å². The summed E-state index contributed by atoms with van der Waals surface area (Å²) in [5.41, 5.74) is 3.86. The zero-order valence-electron chi connectivity index (χ0n) is 8.56. The number of aldehydes is 1. The van der Waals surface area contributed by atoms with Crippen molar-refractivity contribution in [2.45, 2.75) is 5.33 Å². The topological polar surface area (TPSA) is 30.0 Å². The molecular formula is C13H10BrNO. The molecule has 0 bridgehead atoms. The molecule has 1 aromatic carbocycles. The maximum atomic E-state index is 10.6. The quantitative estimate of drug-likeness (QED) is 0.634. The molecule has 0 aliphatic carbocycles. The first-order valence-corrected chi connectivity index (χ1v) is 6.01. The Hall–Kier alpha value is -1.48. The molecule has 0 unspecified atom stereocenters. The van der Waals surface area contributed by atoms with Crippen molar-refractivity contribution in [3.63, 3.8) is 0 Å². The molecule has 0 N–H and O–H groups in total. The van der Waals surface area contributed by atoms with E-state index in [0.717, 1.165) is 22.7 Å². The number of carbonyl (C=O) groups excluding carboxylic acids is 1. The van der Waals surface area contributed by atoms with E-state index in [9.17, 15) is 4.79 Å². The predicted molar refractivity (Wildman–Crippen MR) is 67.7 cm³/mol. The Bertz CT molecular complexity index is 494. The molecule has 2 aromatic rings. The summed E-state index contributed by atoms with van der Waals surface area (Å²) in [6, 6.07) is 10.0. The number of alkyl halides is 1. The standard InChI is InChI=1S/C13H10BrNO/c14-6-10-1-3-12(4-2-10)13-5-11(9-16)7-15-8-13/h1-5,7-9H,6H2. The van der Waals surface area contributed by atoms with Crippen LogP contribution < -0.4 is 0 Å². The van der Waals surface area contributed by atoms with Gasteiger partial charge in [0.25, 0.3) is 0 Å². The second-order valence-corrected chi connectivity index (χ2v) is 4.02. The average molecular weight is 276 g/mol. The summed E-state index contributed by atoms with van der Waals surface area (Å²) in [7, 11) is 0. The van der Waals surface area contributed by atoms with Crippen LogP contribution in [-0.4, -0.2) is 11.3 Å². The van der Waals surface area contributed by atoms with Crippen molar-refractivity contribution in [1.29, 1.82) is 0 Å². The molecule has 0 fully saturated rings. The van der Waals surface area contributed by atoms with Gasteiger partial charge in [-0.2, -0.15) is 0 Å². The number of hydrogen-bond acceptors (Lipinski definition) is 2. The molecule has 0 saturated carbocycles. The van der Waals surface area contributed by atoms with E-state index in [-0.39, 0.29) is 0 Å². The summed E-state index contributed by atoms with van der Waals surface area (Å²) >= 11 is 3.40. The molecule has 0 aliphatic rings. The van der Waals surface area contributed by atoms with Crippen LogP contribution in [0.3, 0.4) is 0 Å². The van der Waals surface area contributed by atoms with Gasteiger partial charge in [-0.05, 0) is 17.2 Å². The Morgan fingerprint density at radius 2 is 1.88 bits per heavy atom. The Labute approximate surface area is 102 Å². The Morgan fingerprint density at radius 1 is 1.12 bits per heavy atom. The van der Waals surface area contributed by atoms with Gasteiger partial charge in [0.1, 0.15) is 0 Å². The third kappa shape index (κ3) is 2.36. The molecule has 2 rings (SSSR count). The minimum absolute atomic E-state index is 0.599. The van der Waals surface area contributed by atoms with Crippen molar-refractivity contribution < 1.29 is 4.79 Å². The fourth-order valence-corrected chi connectivity index (χ4v) is 1.84. The van der Waals surface area contributed by atoms with E-state index in [1.165, 1.54) is 5.56 Å². The zero-order chi connectivity index (χ0) is 11.4. The van der Waals surface area contributed by atoms with E-state index in [0.29, 0.717) is 5.56 Å². The Balaban J connectivity index is 2.38. The summed E-state index contributed by atoms with van der Waals surface area (Å²) in [6.45, 7) is 0. The fourth-order valence-electron chi connectivity index (χ4n) is 1.47. The molecule has 3 heteroatoms. The lowest BCUT2D eigenvalue weighted by atomic mass is 10.1. The maximum absolute atomic E-state index is 10.6. The van der Waals surface area contributed by atoms with Crippen LogP contribution in [0.4, 0.5) is 0 Å². The summed E-state index contributed by atoms with van der Waals surface area (Å²) < 4.78 is 0. The van der Waals surface area contributed by atoms with Crippen molar-refractivity contribution in [3.8, 4) is 11.1 Å². The van der Waals surface area contributed by atoms with Gasteiger partial charge in [-0.1, -0.05) is 40.2 Å². The highest BCUT2D eigenvalue weighted by Gasteiger charge is 1.99. The van der Waals surface area contributed by atoms with Crippen LogP contribution in [0.5, 0.6) is 0 Å². The second-order valence-electron chi connectivity index (χ2n) is 3.46. The highest BCUT2D eigenvalue weighted by molar-refractivity contribution is 9.08. The molecule has 16 heavy (non-hydrogen) atoms. The molecule has 80 valence electrons. The number of halogens is 1. The van der Waals surface area contributed by atoms with Gasteiger partial charge < -0.3 is 0 Å². The summed E-state index contributed by atoms with van der Waals surface area (Å²) in [5, 5.41) is 0.847. The van der Waals surface area contributed by atoms with E-state index in [1.807, 2.05) is 18.2 Å². The number of rotatable bonds is 3. The van der Waals surface area contributed by atoms with Crippen LogP contribution in [0.15, 0.2) is 42.7 Å². The Kier molecular flexibility index (Phi) is 3.47. The molecule has 0 aliphatic heterocycles. The first-order chi connectivity index (χ1) is 7.83. The van der Waals surface area contributed by atoms with Gasteiger partial charge in [0.2, 0.25) is 0 Å². The average Bonchev–Trinajstić information content (AvgIpc) is 2.39. The number of carbonyl (C=O) groups is 1. The third-order valence-electron chi connectivity index (χ3n) is 2.34. The van der Waals surface area contributed by atoms with Gasteiger partial charge in [-0.3, -0.25) is 9.78 Å². The van der Waals surface area contributed by atoms with Gasteiger partial charge >= 0.3 is 0 Å². The molecule has 0 amide bonds. The third-order valence-corrected chi connectivity index (χ3v) is 2.98. The predicted octanol–water partition coefficient (Wildman–Crippen LogP) is 3.46. The van der Waals surface area contributed by atoms with Crippen LogP contribution in [0.1, 0.15) is 15.9 Å². The van der Waals surface area contributed by atoms with Crippen LogP contribution in [0.25, 0.3) is 11.1 Å². The lowest BCUT2D eigenvalue weighted by Gasteiger charge is -2.02. The number of pyridine rings is 1. The molecule has 1 heterocycles. The van der Waals surface area contributed by atoms with E-state index in [4.69, 9.17) is 0 Å². The van der Waals surface area contributed by atoms with Crippen LogP contribution in [-0.2, 0) is 5.33 Å². The first kappa shape index (κ1) is 11.0. The summed E-state index contributed by atoms with van der Waals surface area (Å²) in [4.78, 5) is 14.7. The fraction of sp³-hybridized carbons (Fsp3) is 0.0769. The van der Waals surface area contributed by atoms with Gasteiger partial charge in [-0.25, -0.2) is 0 Å². The van der Waals surface area contributed by atoms with Crippen LogP contribution >= 0.6 is 15.9 Å². The monoisotopic (exact) mass is 275 g/mol. The second kappa shape index (κ2) is 5.03. The van der Waals surface area contributed by atoms with E-state index >= 15 is 0 Å². The number of benzene rings is 1. The largest absolute Gasteiger partial charge is 0.298 e. The van der Waals surface area contributed by atoms with Gasteiger partial charge in [0, 0.05) is 28.9 Å². The molecule has 0 spiro atoms. The Morgan fingerprint density at radius 3 is 2.50 bits per heavy atom. The van der Waals surface area contributed by atoms with E-state index in [1.54, 1.807) is 12.4 Å². The summed E-state index contributed by atoms with van der Waals surface area (Å²) in [5.74, 6) is 0.